The monoisotopic (exact) mass is 337 g/mol. The molecule has 1 fully saturated rings. The summed E-state index contributed by atoms with van der Waals surface area (Å²) in [6.07, 6.45) is 7.58. The van der Waals surface area contributed by atoms with Gasteiger partial charge in [-0.25, -0.2) is 15.0 Å². The average Bonchev–Trinajstić information content (AvgIpc) is 2.91. The molecule has 0 bridgehead atoms. The minimum atomic E-state index is 0.446. The molecule has 1 N–H and O–H groups in total. The third kappa shape index (κ3) is 3.07. The highest BCUT2D eigenvalue weighted by atomic mass is 15.3. The van der Waals surface area contributed by atoms with Gasteiger partial charge >= 0.3 is 0 Å². The number of pyridine rings is 1. The molecule has 0 radical (unpaired) electrons. The molecule has 3 aromatic rings. The first-order chi connectivity index (χ1) is 12.1. The predicted molar refractivity (Wildman–Crippen MR) is 98.4 cm³/mol. The Morgan fingerprint density at radius 1 is 1.12 bits per heavy atom. The summed E-state index contributed by atoms with van der Waals surface area (Å²) in [5.74, 6) is 0.882. The molecule has 0 aliphatic carbocycles. The van der Waals surface area contributed by atoms with Gasteiger partial charge in [-0.3, -0.25) is 4.68 Å². The smallest absolute Gasteiger partial charge is 0.157 e. The minimum absolute atomic E-state index is 0.446. The van der Waals surface area contributed by atoms with Gasteiger partial charge in [0.2, 0.25) is 0 Å². The first-order valence-corrected chi connectivity index (χ1v) is 8.66. The van der Waals surface area contributed by atoms with Crippen LogP contribution in [0.2, 0.25) is 0 Å². The van der Waals surface area contributed by atoms with Crippen LogP contribution in [0.4, 0.5) is 5.82 Å². The maximum Gasteiger partial charge on any atom is 0.157 e. The molecule has 3 aromatic heterocycles. The second-order valence-electron chi connectivity index (χ2n) is 6.81. The Morgan fingerprint density at radius 2 is 1.92 bits per heavy atom. The number of piperidine rings is 1. The molecule has 4 rings (SSSR count). The van der Waals surface area contributed by atoms with Gasteiger partial charge in [0.05, 0.1) is 5.69 Å². The summed E-state index contributed by atoms with van der Waals surface area (Å²) in [4.78, 5) is 15.7. The van der Waals surface area contributed by atoms with Crippen LogP contribution in [0.5, 0.6) is 0 Å². The van der Waals surface area contributed by atoms with E-state index in [9.17, 15) is 0 Å². The summed E-state index contributed by atoms with van der Waals surface area (Å²) in [7, 11) is 4.09. The maximum atomic E-state index is 4.59. The molecule has 1 aliphatic heterocycles. The number of nitrogens with zero attached hydrogens (tertiary/aromatic N) is 6. The quantitative estimate of drug-likeness (QED) is 0.790. The van der Waals surface area contributed by atoms with Crippen molar-refractivity contribution >= 4 is 16.9 Å². The lowest BCUT2D eigenvalue weighted by Gasteiger charge is -2.30. The van der Waals surface area contributed by atoms with E-state index in [4.69, 9.17) is 0 Å². The van der Waals surface area contributed by atoms with E-state index < -0.39 is 0 Å². The van der Waals surface area contributed by atoms with Crippen LogP contribution in [-0.4, -0.2) is 55.8 Å². The molecule has 7 heteroatoms. The largest absolute Gasteiger partial charge is 0.367 e. The number of nitrogens with one attached hydrogen (secondary N) is 1. The van der Waals surface area contributed by atoms with Crippen molar-refractivity contribution in [1.82, 2.24) is 29.6 Å². The minimum Gasteiger partial charge on any atom is -0.367 e. The first-order valence-electron chi connectivity index (χ1n) is 8.66. The van der Waals surface area contributed by atoms with E-state index >= 15 is 0 Å². The number of anilines is 1. The maximum absolute atomic E-state index is 4.59. The molecule has 4 heterocycles. The first kappa shape index (κ1) is 16.0. The predicted octanol–water partition coefficient (Wildman–Crippen LogP) is 2.24. The zero-order valence-electron chi connectivity index (χ0n) is 14.9. The van der Waals surface area contributed by atoms with Crippen LogP contribution in [0.15, 0.2) is 24.8 Å². The Kier molecular flexibility index (Phi) is 4.09. The molecule has 0 atom stereocenters. The van der Waals surface area contributed by atoms with Crippen LogP contribution in [0, 0.1) is 6.92 Å². The standard InChI is InChI=1S/C18H23N7/c1-12-15-8-13(9-20-18(15)25(3)23-12)16-10-19-11-21-17(16)22-14-4-6-24(2)7-5-14/h8-11,14H,4-7H2,1-3H3,(H,19,21,22). The fourth-order valence-electron chi connectivity index (χ4n) is 3.46. The van der Waals surface area contributed by atoms with E-state index in [2.05, 4.69) is 43.4 Å². The molecule has 0 amide bonds. The third-order valence-electron chi connectivity index (χ3n) is 4.95. The number of likely N-dealkylation sites (tertiary alicyclic amines) is 1. The van der Waals surface area contributed by atoms with Crippen molar-refractivity contribution in [3.63, 3.8) is 0 Å². The number of aryl methyl sites for hydroxylation is 2. The van der Waals surface area contributed by atoms with E-state index in [1.54, 1.807) is 6.33 Å². The molecule has 1 aliphatic rings. The van der Waals surface area contributed by atoms with Gasteiger partial charge in [-0.15, -0.1) is 0 Å². The van der Waals surface area contributed by atoms with E-state index in [-0.39, 0.29) is 0 Å². The molecular formula is C18H23N7. The SMILES string of the molecule is Cc1nn(C)c2ncc(-c3cncnc3NC3CCN(C)CC3)cc12. The van der Waals surface area contributed by atoms with Crippen LogP contribution >= 0.6 is 0 Å². The lowest BCUT2D eigenvalue weighted by atomic mass is 10.0. The van der Waals surface area contributed by atoms with Crippen LogP contribution < -0.4 is 5.32 Å². The molecule has 0 spiro atoms. The van der Waals surface area contributed by atoms with Crippen LogP contribution in [-0.2, 0) is 7.05 Å². The number of rotatable bonds is 3. The number of fused-ring (bicyclic) bond motifs is 1. The molecule has 0 aromatic carbocycles. The van der Waals surface area contributed by atoms with E-state index in [0.717, 1.165) is 59.6 Å². The van der Waals surface area contributed by atoms with Gasteiger partial charge in [0.25, 0.3) is 0 Å². The highest BCUT2D eigenvalue weighted by molar-refractivity contribution is 5.85. The van der Waals surface area contributed by atoms with Gasteiger partial charge in [0, 0.05) is 42.0 Å². The van der Waals surface area contributed by atoms with Crippen molar-refractivity contribution in [1.29, 1.82) is 0 Å². The summed E-state index contributed by atoms with van der Waals surface area (Å²) in [6.45, 7) is 4.23. The van der Waals surface area contributed by atoms with Gasteiger partial charge in [-0.2, -0.15) is 5.10 Å². The zero-order chi connectivity index (χ0) is 17.4. The van der Waals surface area contributed by atoms with Gasteiger partial charge in [0.15, 0.2) is 5.65 Å². The molecule has 0 saturated carbocycles. The Morgan fingerprint density at radius 3 is 2.72 bits per heavy atom. The number of hydrogen-bond donors (Lipinski definition) is 1. The van der Waals surface area contributed by atoms with E-state index in [1.807, 2.05) is 31.0 Å². The van der Waals surface area contributed by atoms with Gasteiger partial charge in [-0.1, -0.05) is 0 Å². The lowest BCUT2D eigenvalue weighted by Crippen LogP contribution is -2.37. The highest BCUT2D eigenvalue weighted by Gasteiger charge is 2.19. The Hall–Kier alpha value is -2.54. The lowest BCUT2D eigenvalue weighted by molar-refractivity contribution is 0.263. The van der Waals surface area contributed by atoms with Gasteiger partial charge < -0.3 is 10.2 Å². The summed E-state index contributed by atoms with van der Waals surface area (Å²) in [5.41, 5.74) is 3.87. The summed E-state index contributed by atoms with van der Waals surface area (Å²) < 4.78 is 1.81. The van der Waals surface area contributed by atoms with Crippen molar-refractivity contribution in [2.24, 2.45) is 7.05 Å². The third-order valence-corrected chi connectivity index (χ3v) is 4.95. The highest BCUT2D eigenvalue weighted by Crippen LogP contribution is 2.29. The average molecular weight is 337 g/mol. The second-order valence-corrected chi connectivity index (χ2v) is 6.81. The van der Waals surface area contributed by atoms with E-state index in [1.165, 1.54) is 0 Å². The number of hydrogen-bond acceptors (Lipinski definition) is 6. The fraction of sp³-hybridized carbons (Fsp3) is 0.444. The molecular weight excluding hydrogens is 314 g/mol. The molecule has 130 valence electrons. The van der Waals surface area contributed by atoms with Crippen molar-refractivity contribution in [2.45, 2.75) is 25.8 Å². The van der Waals surface area contributed by atoms with Gasteiger partial charge in [0.1, 0.15) is 12.1 Å². The Bertz CT molecular complexity index is 894. The molecule has 25 heavy (non-hydrogen) atoms. The van der Waals surface area contributed by atoms with Crippen LogP contribution in [0.25, 0.3) is 22.2 Å². The van der Waals surface area contributed by atoms with Crippen LogP contribution in [0.3, 0.4) is 0 Å². The Labute approximate surface area is 147 Å². The van der Waals surface area contributed by atoms with Crippen molar-refractivity contribution in [3.05, 3.63) is 30.5 Å². The van der Waals surface area contributed by atoms with E-state index in [0.29, 0.717) is 6.04 Å². The molecule has 7 nitrogen and oxygen atoms in total. The molecule has 0 unspecified atom stereocenters. The topological polar surface area (TPSA) is 71.8 Å². The second kappa shape index (κ2) is 6.40. The fourth-order valence-corrected chi connectivity index (χ4v) is 3.46. The normalized spacial score (nSPS) is 16.4. The number of aromatic nitrogens is 5. The van der Waals surface area contributed by atoms with Crippen LogP contribution in [0.1, 0.15) is 18.5 Å². The van der Waals surface area contributed by atoms with Gasteiger partial charge in [-0.05, 0) is 46.0 Å². The summed E-state index contributed by atoms with van der Waals surface area (Å²) in [6, 6.07) is 2.57. The summed E-state index contributed by atoms with van der Waals surface area (Å²) >= 11 is 0. The van der Waals surface area contributed by atoms with Crippen molar-refractivity contribution in [3.8, 4) is 11.1 Å². The molecule has 1 saturated heterocycles. The Balaban J connectivity index is 1.67. The summed E-state index contributed by atoms with van der Waals surface area (Å²) in [5, 5.41) is 9.12. The zero-order valence-corrected chi connectivity index (χ0v) is 14.9. The van der Waals surface area contributed by atoms with Crippen molar-refractivity contribution < 1.29 is 0 Å². The van der Waals surface area contributed by atoms with Crippen molar-refractivity contribution in [2.75, 3.05) is 25.5 Å².